The van der Waals surface area contributed by atoms with Crippen LogP contribution in [0.5, 0.6) is 0 Å². The molecule has 0 bridgehead atoms. The number of nitrogens with one attached hydrogen (secondary N) is 1. The Hall–Kier alpha value is -0.770. The summed E-state index contributed by atoms with van der Waals surface area (Å²) >= 11 is 0. The first kappa shape index (κ1) is 18.2. The summed E-state index contributed by atoms with van der Waals surface area (Å²) in [6.07, 6.45) is 7.95. The minimum absolute atomic E-state index is 0.112. The topological polar surface area (TPSA) is 64.3 Å². The van der Waals surface area contributed by atoms with Crippen LogP contribution in [-0.2, 0) is 4.74 Å². The normalized spacial score (nSPS) is 13.3. The van der Waals surface area contributed by atoms with Gasteiger partial charge in [-0.1, -0.05) is 39.0 Å². The van der Waals surface area contributed by atoms with Crippen molar-refractivity contribution in [1.82, 2.24) is 5.32 Å². The third-order valence-electron chi connectivity index (χ3n) is 3.28. The van der Waals surface area contributed by atoms with E-state index in [0.717, 1.165) is 19.3 Å². The van der Waals surface area contributed by atoms with Gasteiger partial charge in [-0.3, -0.25) is 0 Å². The lowest BCUT2D eigenvalue weighted by atomic mass is 9.94. The van der Waals surface area contributed by atoms with E-state index in [2.05, 4.69) is 26.1 Å². The molecular weight excluding hydrogens is 240 g/mol. The molecule has 3 N–H and O–H groups in total. The number of amides is 2. The van der Waals surface area contributed by atoms with Crippen LogP contribution in [-0.4, -0.2) is 24.3 Å². The van der Waals surface area contributed by atoms with Crippen LogP contribution in [0.25, 0.3) is 0 Å². The molecule has 114 valence electrons. The van der Waals surface area contributed by atoms with Gasteiger partial charge in [-0.25, -0.2) is 4.79 Å². The molecule has 0 aromatic carbocycles. The fraction of sp³-hybridized carbons (Fsp3) is 0.933. The Morgan fingerprint density at radius 2 is 1.84 bits per heavy atom. The summed E-state index contributed by atoms with van der Waals surface area (Å²) in [5, 5.41) is 2.84. The number of carbonyl (C=O) groups excluding carboxylic acids is 1. The molecule has 4 nitrogen and oxygen atoms in total. The first-order valence-corrected chi connectivity index (χ1v) is 7.61. The fourth-order valence-electron chi connectivity index (χ4n) is 2.46. The minimum atomic E-state index is -0.439. The predicted octanol–water partition coefficient (Wildman–Crippen LogP) is 3.59. The molecule has 0 heterocycles. The van der Waals surface area contributed by atoms with Gasteiger partial charge in [0.05, 0.1) is 5.60 Å². The molecule has 0 aliphatic rings. The van der Waals surface area contributed by atoms with E-state index in [1.54, 1.807) is 0 Å². The van der Waals surface area contributed by atoms with Crippen molar-refractivity contribution >= 4 is 6.03 Å². The van der Waals surface area contributed by atoms with Crippen LogP contribution in [0.2, 0.25) is 0 Å². The standard InChI is InChI=1S/C15H32N2O2/c1-5-7-8-9-10-11-13(17-14(16)18)12-15(3,4)19-6-2/h13H,5-12H2,1-4H3,(H3,16,17,18). The van der Waals surface area contributed by atoms with E-state index in [-0.39, 0.29) is 11.6 Å². The number of carbonyl (C=O) groups is 1. The van der Waals surface area contributed by atoms with Crippen molar-refractivity contribution in [2.45, 2.75) is 84.3 Å². The summed E-state index contributed by atoms with van der Waals surface area (Å²) in [6.45, 7) is 9.00. The van der Waals surface area contributed by atoms with E-state index in [0.29, 0.717) is 6.61 Å². The lowest BCUT2D eigenvalue weighted by molar-refractivity contribution is -0.0227. The van der Waals surface area contributed by atoms with Crippen LogP contribution in [0.4, 0.5) is 4.79 Å². The van der Waals surface area contributed by atoms with Crippen LogP contribution in [0, 0.1) is 0 Å². The zero-order valence-corrected chi connectivity index (χ0v) is 13.1. The Bertz CT molecular complexity index is 242. The van der Waals surface area contributed by atoms with Gasteiger partial charge < -0.3 is 15.8 Å². The van der Waals surface area contributed by atoms with Gasteiger partial charge in [-0.15, -0.1) is 0 Å². The Balaban J connectivity index is 4.11. The van der Waals surface area contributed by atoms with Gasteiger partial charge in [0, 0.05) is 12.6 Å². The quantitative estimate of drug-likeness (QED) is 0.564. The molecule has 1 atom stereocenters. The zero-order chi connectivity index (χ0) is 14.7. The molecule has 4 heteroatoms. The van der Waals surface area contributed by atoms with E-state index < -0.39 is 6.03 Å². The van der Waals surface area contributed by atoms with Crippen LogP contribution in [0.1, 0.15) is 72.6 Å². The second kappa shape index (κ2) is 10.1. The molecule has 0 aromatic rings. The van der Waals surface area contributed by atoms with Crippen LogP contribution in [0.15, 0.2) is 0 Å². The van der Waals surface area contributed by atoms with Crippen molar-refractivity contribution in [3.63, 3.8) is 0 Å². The largest absolute Gasteiger partial charge is 0.376 e. The van der Waals surface area contributed by atoms with Crippen LogP contribution in [0.3, 0.4) is 0 Å². The maximum absolute atomic E-state index is 11.1. The van der Waals surface area contributed by atoms with Crippen molar-refractivity contribution in [3.8, 4) is 0 Å². The lowest BCUT2D eigenvalue weighted by Gasteiger charge is -2.30. The molecule has 0 saturated carbocycles. The predicted molar refractivity (Wildman–Crippen MR) is 80.2 cm³/mol. The Morgan fingerprint density at radius 3 is 2.37 bits per heavy atom. The molecule has 1 unspecified atom stereocenters. The number of unbranched alkanes of at least 4 members (excludes halogenated alkanes) is 4. The highest BCUT2D eigenvalue weighted by Gasteiger charge is 2.24. The minimum Gasteiger partial charge on any atom is -0.376 e. The maximum atomic E-state index is 11.1. The average Bonchev–Trinajstić information content (AvgIpc) is 2.27. The van der Waals surface area contributed by atoms with Crippen molar-refractivity contribution in [3.05, 3.63) is 0 Å². The second-order valence-corrected chi connectivity index (χ2v) is 5.81. The smallest absolute Gasteiger partial charge is 0.312 e. The molecule has 0 aromatic heterocycles. The number of primary amides is 1. The number of rotatable bonds is 11. The summed E-state index contributed by atoms with van der Waals surface area (Å²) in [6, 6.07) is -0.327. The fourth-order valence-corrected chi connectivity index (χ4v) is 2.46. The van der Waals surface area contributed by atoms with Gasteiger partial charge >= 0.3 is 6.03 Å². The summed E-state index contributed by atoms with van der Waals surface area (Å²) < 4.78 is 5.69. The molecule has 0 aliphatic heterocycles. The van der Waals surface area contributed by atoms with Crippen molar-refractivity contribution in [2.75, 3.05) is 6.61 Å². The molecule has 2 amide bonds. The monoisotopic (exact) mass is 272 g/mol. The molecule has 0 saturated heterocycles. The van der Waals surface area contributed by atoms with Gasteiger partial charge in [-0.2, -0.15) is 0 Å². The van der Waals surface area contributed by atoms with Crippen LogP contribution >= 0.6 is 0 Å². The number of hydrogen-bond donors (Lipinski definition) is 2. The highest BCUT2D eigenvalue weighted by molar-refractivity contribution is 5.71. The Labute approximate surface area is 118 Å². The van der Waals surface area contributed by atoms with E-state index in [4.69, 9.17) is 10.5 Å². The molecule has 0 fully saturated rings. The van der Waals surface area contributed by atoms with Crippen molar-refractivity contribution in [1.29, 1.82) is 0 Å². The average molecular weight is 272 g/mol. The molecule has 19 heavy (non-hydrogen) atoms. The van der Waals surface area contributed by atoms with Gasteiger partial charge in [0.15, 0.2) is 0 Å². The third kappa shape index (κ3) is 10.8. The van der Waals surface area contributed by atoms with Gasteiger partial charge in [0.1, 0.15) is 0 Å². The zero-order valence-electron chi connectivity index (χ0n) is 13.1. The molecular formula is C15H32N2O2. The molecule has 0 aliphatic carbocycles. The molecule has 0 spiro atoms. The van der Waals surface area contributed by atoms with Gasteiger partial charge in [0.2, 0.25) is 0 Å². The van der Waals surface area contributed by atoms with Crippen LogP contribution < -0.4 is 11.1 Å². The number of nitrogens with two attached hydrogens (primary N) is 1. The summed E-state index contributed by atoms with van der Waals surface area (Å²) in [5.41, 5.74) is 5.03. The Kier molecular flexibility index (Phi) is 9.66. The van der Waals surface area contributed by atoms with Gasteiger partial charge in [-0.05, 0) is 33.6 Å². The summed E-state index contributed by atoms with van der Waals surface area (Å²) in [4.78, 5) is 11.1. The van der Waals surface area contributed by atoms with E-state index >= 15 is 0 Å². The first-order chi connectivity index (χ1) is 8.91. The van der Waals surface area contributed by atoms with E-state index in [1.165, 1.54) is 25.7 Å². The summed E-state index contributed by atoms with van der Waals surface area (Å²) in [5.74, 6) is 0. The first-order valence-electron chi connectivity index (χ1n) is 7.61. The lowest BCUT2D eigenvalue weighted by Crippen LogP contribution is -2.43. The molecule has 0 rings (SSSR count). The maximum Gasteiger partial charge on any atom is 0.312 e. The van der Waals surface area contributed by atoms with E-state index in [1.807, 2.05) is 6.92 Å². The SMILES string of the molecule is CCCCCCCC(CC(C)(C)OCC)NC(N)=O. The highest BCUT2D eigenvalue weighted by Crippen LogP contribution is 2.20. The van der Waals surface area contributed by atoms with E-state index in [9.17, 15) is 4.79 Å². The number of hydrogen-bond acceptors (Lipinski definition) is 2. The summed E-state index contributed by atoms with van der Waals surface area (Å²) in [7, 11) is 0. The van der Waals surface area contributed by atoms with Crippen molar-refractivity contribution < 1.29 is 9.53 Å². The van der Waals surface area contributed by atoms with Crippen molar-refractivity contribution in [2.24, 2.45) is 5.73 Å². The number of urea groups is 1. The van der Waals surface area contributed by atoms with Gasteiger partial charge in [0.25, 0.3) is 0 Å². The Morgan fingerprint density at radius 1 is 1.21 bits per heavy atom. The number of ether oxygens (including phenoxy) is 1. The highest BCUT2D eigenvalue weighted by atomic mass is 16.5. The molecule has 0 radical (unpaired) electrons. The second-order valence-electron chi connectivity index (χ2n) is 5.81. The third-order valence-corrected chi connectivity index (χ3v) is 3.28.